The van der Waals surface area contributed by atoms with E-state index in [1.54, 1.807) is 11.0 Å². The summed E-state index contributed by atoms with van der Waals surface area (Å²) in [5, 5.41) is 17.7. The first-order valence-corrected chi connectivity index (χ1v) is 13.0. The van der Waals surface area contributed by atoms with Crippen LogP contribution in [0.3, 0.4) is 0 Å². The van der Waals surface area contributed by atoms with Crippen LogP contribution in [-0.4, -0.2) is 49.0 Å². The fraction of sp³-hybridized carbons (Fsp3) is 0.542. The first-order valence-electron chi connectivity index (χ1n) is 12.1. The van der Waals surface area contributed by atoms with Crippen LogP contribution in [0.25, 0.3) is 11.6 Å². The first-order chi connectivity index (χ1) is 16.6. The van der Waals surface area contributed by atoms with Gasteiger partial charge in [0.25, 0.3) is 0 Å². The third kappa shape index (κ3) is 4.91. The third-order valence-corrected chi connectivity index (χ3v) is 7.66. The Labute approximate surface area is 202 Å². The van der Waals surface area contributed by atoms with Crippen molar-refractivity contribution in [3.63, 3.8) is 0 Å². The van der Waals surface area contributed by atoms with Crippen molar-refractivity contribution < 1.29 is 14.0 Å². The number of furan rings is 1. The van der Waals surface area contributed by atoms with Gasteiger partial charge in [-0.1, -0.05) is 31.7 Å². The van der Waals surface area contributed by atoms with Crippen molar-refractivity contribution in [3.05, 3.63) is 40.3 Å². The molecule has 0 unspecified atom stereocenters. The molecule has 2 aliphatic rings. The van der Waals surface area contributed by atoms with Gasteiger partial charge in [-0.15, -0.1) is 21.5 Å². The summed E-state index contributed by atoms with van der Waals surface area (Å²) < 4.78 is 5.57. The number of nitrogens with one attached hydrogen (secondary N) is 1. The summed E-state index contributed by atoms with van der Waals surface area (Å²) in [7, 11) is 0. The fourth-order valence-corrected chi connectivity index (χ4v) is 5.92. The predicted octanol–water partition coefficient (Wildman–Crippen LogP) is 3.87. The molecule has 0 bridgehead atoms. The lowest BCUT2D eigenvalue weighted by molar-refractivity contribution is -0.144. The molecule has 0 spiro atoms. The van der Waals surface area contributed by atoms with Crippen molar-refractivity contribution in [2.24, 2.45) is 0 Å². The molecule has 3 aromatic rings. The summed E-state index contributed by atoms with van der Waals surface area (Å²) in [5.41, 5.74) is 0. The molecular formula is C24H30N6O3S. The van der Waals surface area contributed by atoms with Crippen LogP contribution in [0.5, 0.6) is 0 Å². The molecule has 3 heterocycles. The van der Waals surface area contributed by atoms with Crippen LogP contribution in [0.1, 0.15) is 68.0 Å². The van der Waals surface area contributed by atoms with E-state index in [1.807, 2.05) is 30.5 Å². The van der Waals surface area contributed by atoms with Crippen LogP contribution < -0.4 is 5.32 Å². The first kappa shape index (κ1) is 22.8. The van der Waals surface area contributed by atoms with Gasteiger partial charge in [-0.2, -0.15) is 4.80 Å². The van der Waals surface area contributed by atoms with Gasteiger partial charge in [-0.3, -0.25) is 9.59 Å². The standard InChI is InChI=1S/C24H30N6O3S/c1-16-12-13-19(33-16)23-26-28-29(27-23)15-21(31)30(18-9-4-5-10-18)22(20-11-6-14-34-20)24(32)25-17-7-2-3-8-17/h6,11-14,17-18,22H,2-5,7-10,15H2,1H3,(H,25,32)/t22-/m0/s1. The molecule has 1 atom stereocenters. The van der Waals surface area contributed by atoms with E-state index in [4.69, 9.17) is 4.42 Å². The van der Waals surface area contributed by atoms with E-state index in [-0.39, 0.29) is 30.4 Å². The maximum atomic E-state index is 13.7. The van der Waals surface area contributed by atoms with Crippen LogP contribution >= 0.6 is 11.3 Å². The van der Waals surface area contributed by atoms with Gasteiger partial charge >= 0.3 is 0 Å². The van der Waals surface area contributed by atoms with E-state index in [1.165, 1.54) is 16.1 Å². The largest absolute Gasteiger partial charge is 0.458 e. The number of rotatable bonds is 8. The van der Waals surface area contributed by atoms with Crippen LogP contribution in [0.15, 0.2) is 34.1 Å². The maximum absolute atomic E-state index is 13.7. The molecular weight excluding hydrogens is 452 g/mol. The van der Waals surface area contributed by atoms with E-state index >= 15 is 0 Å². The topological polar surface area (TPSA) is 106 Å². The average molecular weight is 483 g/mol. The van der Waals surface area contributed by atoms with E-state index < -0.39 is 6.04 Å². The van der Waals surface area contributed by atoms with Crippen LogP contribution in [-0.2, 0) is 16.1 Å². The van der Waals surface area contributed by atoms with Crippen LogP contribution in [0.2, 0.25) is 0 Å². The van der Waals surface area contributed by atoms with Crippen molar-refractivity contribution in [1.82, 2.24) is 30.4 Å². The van der Waals surface area contributed by atoms with Gasteiger partial charge in [0.15, 0.2) is 5.76 Å². The van der Waals surface area contributed by atoms with E-state index in [0.29, 0.717) is 11.6 Å². The molecule has 34 heavy (non-hydrogen) atoms. The molecule has 3 aromatic heterocycles. The molecule has 0 aromatic carbocycles. The molecule has 180 valence electrons. The number of aryl methyl sites for hydroxylation is 1. The second kappa shape index (κ2) is 10.1. The lowest BCUT2D eigenvalue weighted by atomic mass is 10.1. The Morgan fingerprint density at radius 2 is 1.94 bits per heavy atom. The van der Waals surface area contributed by atoms with E-state index in [0.717, 1.165) is 62.0 Å². The van der Waals surface area contributed by atoms with Gasteiger partial charge in [0, 0.05) is 17.0 Å². The molecule has 2 aliphatic carbocycles. The van der Waals surface area contributed by atoms with E-state index in [2.05, 4.69) is 20.7 Å². The third-order valence-electron chi connectivity index (χ3n) is 6.74. The summed E-state index contributed by atoms with van der Waals surface area (Å²) in [6.07, 6.45) is 8.16. The highest BCUT2D eigenvalue weighted by Crippen LogP contribution is 2.34. The second-order valence-electron chi connectivity index (χ2n) is 9.20. The Morgan fingerprint density at radius 1 is 1.18 bits per heavy atom. The van der Waals surface area contributed by atoms with Crippen molar-refractivity contribution in [2.75, 3.05) is 0 Å². The van der Waals surface area contributed by atoms with Gasteiger partial charge < -0.3 is 14.6 Å². The second-order valence-corrected chi connectivity index (χ2v) is 10.2. The molecule has 2 fully saturated rings. The Balaban J connectivity index is 1.40. The molecule has 5 rings (SSSR count). The zero-order valence-electron chi connectivity index (χ0n) is 19.4. The Hall–Kier alpha value is -3.01. The van der Waals surface area contributed by atoms with Gasteiger partial charge in [0.2, 0.25) is 17.6 Å². The zero-order valence-corrected chi connectivity index (χ0v) is 20.2. The molecule has 2 saturated carbocycles. The van der Waals surface area contributed by atoms with Crippen molar-refractivity contribution in [3.8, 4) is 11.6 Å². The minimum absolute atomic E-state index is 0.0182. The summed E-state index contributed by atoms with van der Waals surface area (Å²) in [5.74, 6) is 1.33. The van der Waals surface area contributed by atoms with Crippen LogP contribution in [0.4, 0.5) is 0 Å². The number of carbonyl (C=O) groups is 2. The Kier molecular flexibility index (Phi) is 6.75. The number of tetrazole rings is 1. The predicted molar refractivity (Wildman–Crippen MR) is 127 cm³/mol. The average Bonchev–Trinajstić information content (AvgIpc) is 3.63. The van der Waals surface area contributed by atoms with Crippen molar-refractivity contribution >= 4 is 23.2 Å². The SMILES string of the molecule is Cc1ccc(-c2nnn(CC(=O)N(C3CCCC3)[C@H](C(=O)NC3CCCC3)c3cccs3)n2)o1. The number of thiophene rings is 1. The lowest BCUT2D eigenvalue weighted by Crippen LogP contribution is -2.50. The van der Waals surface area contributed by atoms with E-state index in [9.17, 15) is 9.59 Å². The highest BCUT2D eigenvalue weighted by Gasteiger charge is 2.39. The molecule has 1 N–H and O–H groups in total. The number of carbonyl (C=O) groups excluding carboxylic acids is 2. The van der Waals surface area contributed by atoms with Crippen molar-refractivity contribution in [1.29, 1.82) is 0 Å². The van der Waals surface area contributed by atoms with Crippen LogP contribution in [0, 0.1) is 6.92 Å². The number of aromatic nitrogens is 4. The lowest BCUT2D eigenvalue weighted by Gasteiger charge is -2.35. The monoisotopic (exact) mass is 482 g/mol. The smallest absolute Gasteiger partial charge is 0.248 e. The van der Waals surface area contributed by atoms with Crippen molar-refractivity contribution in [2.45, 2.75) is 83.0 Å². The minimum Gasteiger partial charge on any atom is -0.458 e. The number of hydrogen-bond acceptors (Lipinski definition) is 7. The normalized spacial score (nSPS) is 17.8. The molecule has 0 saturated heterocycles. The summed E-state index contributed by atoms with van der Waals surface area (Å²) >= 11 is 1.51. The van der Waals surface area contributed by atoms with Gasteiger partial charge in [-0.05, 0) is 61.4 Å². The molecule has 2 amide bonds. The maximum Gasteiger partial charge on any atom is 0.248 e. The fourth-order valence-electron chi connectivity index (χ4n) is 5.10. The summed E-state index contributed by atoms with van der Waals surface area (Å²) in [6.45, 7) is 1.76. The molecule has 0 radical (unpaired) electrons. The Bertz CT molecular complexity index is 1110. The van der Waals surface area contributed by atoms with Gasteiger partial charge in [0.05, 0.1) is 0 Å². The number of amides is 2. The molecule has 0 aliphatic heterocycles. The zero-order chi connectivity index (χ0) is 23.5. The minimum atomic E-state index is -0.646. The molecule has 9 nitrogen and oxygen atoms in total. The molecule has 10 heteroatoms. The highest BCUT2D eigenvalue weighted by atomic mass is 32.1. The summed E-state index contributed by atoms with van der Waals surface area (Å²) in [6, 6.07) is 7.05. The number of hydrogen-bond donors (Lipinski definition) is 1. The highest BCUT2D eigenvalue weighted by molar-refractivity contribution is 7.10. The van der Waals surface area contributed by atoms with Gasteiger partial charge in [-0.25, -0.2) is 0 Å². The quantitative estimate of drug-likeness (QED) is 0.522. The Morgan fingerprint density at radius 3 is 2.62 bits per heavy atom. The van der Waals surface area contributed by atoms with Gasteiger partial charge in [0.1, 0.15) is 18.3 Å². The summed E-state index contributed by atoms with van der Waals surface area (Å²) in [4.78, 5) is 31.3. The number of nitrogens with zero attached hydrogens (tertiary/aromatic N) is 5.